The zero-order valence-corrected chi connectivity index (χ0v) is 30.3. The fraction of sp³-hybridized carbons (Fsp3) is 0.0400. The Labute approximate surface area is 319 Å². The van der Waals surface area contributed by atoms with Crippen molar-refractivity contribution in [1.29, 1.82) is 0 Å². The van der Waals surface area contributed by atoms with Crippen molar-refractivity contribution in [3.63, 3.8) is 0 Å². The summed E-state index contributed by atoms with van der Waals surface area (Å²) in [5.74, 6) is 2.83. The molecule has 5 nitrogen and oxygen atoms in total. The van der Waals surface area contributed by atoms with E-state index in [1.165, 1.54) is 21.5 Å². The summed E-state index contributed by atoms with van der Waals surface area (Å²) in [6.07, 6.45) is 0.775. The first kappa shape index (κ1) is 32.4. The molecule has 0 spiro atoms. The summed E-state index contributed by atoms with van der Waals surface area (Å²) in [5.41, 5.74) is 10.2. The van der Waals surface area contributed by atoms with Gasteiger partial charge in [0.25, 0.3) is 0 Å². The van der Waals surface area contributed by atoms with Crippen molar-refractivity contribution < 1.29 is 0 Å². The normalized spacial score (nSPS) is 11.4. The summed E-state index contributed by atoms with van der Waals surface area (Å²) in [5, 5.41) is 4.83. The van der Waals surface area contributed by atoms with Gasteiger partial charge in [0.15, 0.2) is 17.5 Å². The summed E-state index contributed by atoms with van der Waals surface area (Å²) >= 11 is 0. The van der Waals surface area contributed by atoms with Gasteiger partial charge in [0.2, 0.25) is 0 Å². The number of hydrogen-bond acceptors (Lipinski definition) is 4. The topological polar surface area (TPSA) is 56.5 Å². The average molecular weight is 706 g/mol. The van der Waals surface area contributed by atoms with Gasteiger partial charge in [-0.1, -0.05) is 153 Å². The fourth-order valence-corrected chi connectivity index (χ4v) is 7.81. The van der Waals surface area contributed by atoms with Gasteiger partial charge in [0, 0.05) is 28.8 Å². The Morgan fingerprint density at radius 3 is 1.76 bits per heavy atom. The standard InChI is InChI=1S/C50H35N5/c1-2-47-51-45-27-15-16-28-46(45)55(47)38-30-36(44-32-35-21-9-10-23-40(35)41-24-12-13-25-42(41)44)29-37(31-38)49-52-48(34-19-7-4-8-20-34)53-50(54-49)43-26-14-11-22-39(43)33-17-5-3-6-18-33/h3-32H,2H2,1H3. The third kappa shape index (κ3) is 5.83. The van der Waals surface area contributed by atoms with Crippen LogP contribution in [0.25, 0.3) is 94.7 Å². The van der Waals surface area contributed by atoms with E-state index in [0.717, 1.165) is 67.9 Å². The highest BCUT2D eigenvalue weighted by Crippen LogP contribution is 2.39. The molecule has 0 saturated carbocycles. The molecule has 0 atom stereocenters. The number of aryl methyl sites for hydroxylation is 1. The molecule has 8 aromatic carbocycles. The first-order valence-corrected chi connectivity index (χ1v) is 18.7. The van der Waals surface area contributed by atoms with E-state index in [-0.39, 0.29) is 0 Å². The minimum Gasteiger partial charge on any atom is -0.296 e. The van der Waals surface area contributed by atoms with Gasteiger partial charge in [-0.25, -0.2) is 19.9 Å². The van der Waals surface area contributed by atoms with E-state index in [1.807, 2.05) is 36.4 Å². The van der Waals surface area contributed by atoms with Gasteiger partial charge < -0.3 is 0 Å². The summed E-state index contributed by atoms with van der Waals surface area (Å²) in [7, 11) is 0. The Kier molecular flexibility index (Phi) is 8.03. The lowest BCUT2D eigenvalue weighted by atomic mass is 9.92. The van der Waals surface area contributed by atoms with Crippen LogP contribution in [0.5, 0.6) is 0 Å². The molecule has 2 aromatic heterocycles. The smallest absolute Gasteiger partial charge is 0.164 e. The molecule has 2 heterocycles. The summed E-state index contributed by atoms with van der Waals surface area (Å²) in [4.78, 5) is 20.8. The van der Waals surface area contributed by atoms with Gasteiger partial charge in [-0.15, -0.1) is 0 Å². The SMILES string of the molecule is CCc1nc2ccccc2n1-c1cc(-c2nc(-c3ccccc3)nc(-c3ccccc3-c3ccccc3)n2)cc(-c2cc3ccccc3c3ccccc23)c1. The number of rotatable bonds is 7. The molecule has 0 unspecified atom stereocenters. The number of benzene rings is 8. The van der Waals surface area contributed by atoms with Crippen molar-refractivity contribution in [2.24, 2.45) is 0 Å². The maximum Gasteiger partial charge on any atom is 0.164 e. The van der Waals surface area contributed by atoms with Gasteiger partial charge in [-0.2, -0.15) is 0 Å². The molecule has 0 amide bonds. The molecular formula is C50H35N5. The van der Waals surface area contributed by atoms with Gasteiger partial charge in [-0.3, -0.25) is 4.57 Å². The predicted molar refractivity (Wildman–Crippen MR) is 226 cm³/mol. The molecule has 0 radical (unpaired) electrons. The van der Waals surface area contributed by atoms with Crippen LogP contribution in [0.4, 0.5) is 0 Å². The number of hydrogen-bond donors (Lipinski definition) is 0. The van der Waals surface area contributed by atoms with Gasteiger partial charge >= 0.3 is 0 Å². The van der Waals surface area contributed by atoms with Crippen LogP contribution < -0.4 is 0 Å². The van der Waals surface area contributed by atoms with Crippen molar-refractivity contribution in [2.45, 2.75) is 13.3 Å². The number of imidazole rings is 1. The van der Waals surface area contributed by atoms with Crippen LogP contribution in [0.2, 0.25) is 0 Å². The van der Waals surface area contributed by atoms with E-state index >= 15 is 0 Å². The highest BCUT2D eigenvalue weighted by atomic mass is 15.1. The van der Waals surface area contributed by atoms with Gasteiger partial charge in [-0.05, 0) is 80.2 Å². The maximum absolute atomic E-state index is 5.31. The minimum atomic E-state index is 0.599. The third-order valence-corrected chi connectivity index (χ3v) is 10.4. The monoisotopic (exact) mass is 705 g/mol. The lowest BCUT2D eigenvalue weighted by molar-refractivity contribution is 0.908. The van der Waals surface area contributed by atoms with E-state index in [1.54, 1.807) is 0 Å². The number of para-hydroxylation sites is 2. The van der Waals surface area contributed by atoms with Crippen LogP contribution in [0, 0.1) is 0 Å². The molecule has 0 fully saturated rings. The number of nitrogens with zero attached hydrogens (tertiary/aromatic N) is 5. The first-order chi connectivity index (χ1) is 27.2. The zero-order chi connectivity index (χ0) is 36.7. The van der Waals surface area contributed by atoms with Crippen molar-refractivity contribution in [3.8, 4) is 62.1 Å². The molecule has 5 heteroatoms. The fourth-order valence-electron chi connectivity index (χ4n) is 7.81. The van der Waals surface area contributed by atoms with Gasteiger partial charge in [0.05, 0.1) is 11.0 Å². The Morgan fingerprint density at radius 2 is 0.982 bits per heavy atom. The Morgan fingerprint density at radius 1 is 0.400 bits per heavy atom. The van der Waals surface area contributed by atoms with Crippen LogP contribution >= 0.6 is 0 Å². The largest absolute Gasteiger partial charge is 0.296 e. The van der Waals surface area contributed by atoms with E-state index in [9.17, 15) is 0 Å². The molecule has 0 aliphatic rings. The molecule has 0 aliphatic carbocycles. The van der Waals surface area contributed by atoms with Crippen molar-refractivity contribution >= 4 is 32.6 Å². The maximum atomic E-state index is 5.31. The van der Waals surface area contributed by atoms with E-state index in [0.29, 0.717) is 17.5 Å². The van der Waals surface area contributed by atoms with E-state index < -0.39 is 0 Å². The number of fused-ring (bicyclic) bond motifs is 4. The molecule has 260 valence electrons. The molecule has 0 aliphatic heterocycles. The van der Waals surface area contributed by atoms with Gasteiger partial charge in [0.1, 0.15) is 5.82 Å². The summed E-state index contributed by atoms with van der Waals surface area (Å²) < 4.78 is 2.29. The predicted octanol–water partition coefficient (Wildman–Crippen LogP) is 12.4. The highest BCUT2D eigenvalue weighted by Gasteiger charge is 2.20. The lowest BCUT2D eigenvalue weighted by Crippen LogP contribution is -2.04. The van der Waals surface area contributed by atoms with Crippen molar-refractivity contribution in [2.75, 3.05) is 0 Å². The molecule has 0 bridgehead atoms. The first-order valence-electron chi connectivity index (χ1n) is 18.7. The molecule has 55 heavy (non-hydrogen) atoms. The van der Waals surface area contributed by atoms with Crippen LogP contribution in [-0.2, 0) is 6.42 Å². The minimum absolute atomic E-state index is 0.599. The van der Waals surface area contributed by atoms with E-state index in [4.69, 9.17) is 19.9 Å². The van der Waals surface area contributed by atoms with Crippen LogP contribution in [0.3, 0.4) is 0 Å². The molecule has 0 saturated heterocycles. The summed E-state index contributed by atoms with van der Waals surface area (Å²) in [6, 6.07) is 63.7. The second kappa shape index (κ2) is 13.6. The quantitative estimate of drug-likeness (QED) is 0.155. The van der Waals surface area contributed by atoms with Crippen LogP contribution in [0.15, 0.2) is 182 Å². The van der Waals surface area contributed by atoms with E-state index in [2.05, 4.69) is 157 Å². The third-order valence-electron chi connectivity index (χ3n) is 10.4. The molecule has 0 N–H and O–H groups in total. The second-order valence-corrected chi connectivity index (χ2v) is 13.7. The van der Waals surface area contributed by atoms with Crippen LogP contribution in [0.1, 0.15) is 12.7 Å². The van der Waals surface area contributed by atoms with Crippen molar-refractivity contribution in [3.05, 3.63) is 188 Å². The molecule has 10 rings (SSSR count). The average Bonchev–Trinajstić information content (AvgIpc) is 3.65. The van der Waals surface area contributed by atoms with Crippen LogP contribution in [-0.4, -0.2) is 24.5 Å². The molecule has 10 aromatic rings. The zero-order valence-electron chi connectivity index (χ0n) is 30.3. The number of aromatic nitrogens is 5. The van der Waals surface area contributed by atoms with Crippen molar-refractivity contribution in [1.82, 2.24) is 24.5 Å². The highest BCUT2D eigenvalue weighted by molar-refractivity contribution is 6.14. The second-order valence-electron chi connectivity index (χ2n) is 13.7. The Hall–Kier alpha value is -7.24. The Bertz CT molecular complexity index is 3020. The summed E-state index contributed by atoms with van der Waals surface area (Å²) in [6.45, 7) is 2.16. The lowest BCUT2D eigenvalue weighted by Gasteiger charge is -2.17. The molecular weight excluding hydrogens is 671 g/mol. The Balaban J connectivity index is 1.27.